The molecule has 0 amide bonds. The number of rotatable bonds is 5. The number of benzene rings is 1. The fourth-order valence-electron chi connectivity index (χ4n) is 1.49. The van der Waals surface area contributed by atoms with E-state index in [1.54, 1.807) is 0 Å². The normalized spacial score (nSPS) is 13.1. The van der Waals surface area contributed by atoms with Crippen molar-refractivity contribution in [3.8, 4) is 0 Å². The Morgan fingerprint density at radius 3 is 2.50 bits per heavy atom. The molecular formula is C12H19NO. The monoisotopic (exact) mass is 193 g/mol. The van der Waals surface area contributed by atoms with Crippen LogP contribution in [0.25, 0.3) is 0 Å². The minimum absolute atomic E-state index is 0.232. The van der Waals surface area contributed by atoms with Gasteiger partial charge in [-0.1, -0.05) is 30.3 Å². The molecule has 0 saturated heterocycles. The van der Waals surface area contributed by atoms with E-state index in [9.17, 15) is 0 Å². The van der Waals surface area contributed by atoms with E-state index in [1.807, 2.05) is 13.1 Å². The summed E-state index contributed by atoms with van der Waals surface area (Å²) in [6.07, 6.45) is 1.04. The summed E-state index contributed by atoms with van der Waals surface area (Å²) in [6, 6.07) is 10.9. The second-order valence-corrected chi connectivity index (χ2v) is 3.74. The smallest absolute Gasteiger partial charge is 0.0558 e. The Bertz CT molecular complexity index is 248. The molecule has 2 nitrogen and oxygen atoms in total. The van der Waals surface area contributed by atoms with Crippen molar-refractivity contribution in [2.24, 2.45) is 0 Å². The number of aliphatic hydroxyl groups is 1. The van der Waals surface area contributed by atoms with Gasteiger partial charge in [0.15, 0.2) is 0 Å². The molecule has 0 bridgehead atoms. The predicted octanol–water partition coefficient (Wildman–Crippen LogP) is 1.54. The third-order valence-corrected chi connectivity index (χ3v) is 2.58. The zero-order chi connectivity index (χ0) is 10.4. The highest BCUT2D eigenvalue weighted by atomic mass is 16.3. The van der Waals surface area contributed by atoms with Crippen molar-refractivity contribution in [2.45, 2.75) is 19.4 Å². The van der Waals surface area contributed by atoms with Gasteiger partial charge in [-0.2, -0.15) is 0 Å². The fraction of sp³-hybridized carbons (Fsp3) is 0.500. The lowest BCUT2D eigenvalue weighted by Gasteiger charge is -2.23. The second kappa shape index (κ2) is 5.78. The van der Waals surface area contributed by atoms with Gasteiger partial charge in [-0.25, -0.2) is 0 Å². The standard InChI is InChI=1S/C12H19NO/c1-11(13(2)8-9-14)10-12-6-4-3-5-7-12/h3-7,11,14H,8-10H2,1-2H3/t11-/m1/s1. The van der Waals surface area contributed by atoms with E-state index in [4.69, 9.17) is 5.11 Å². The molecule has 1 N–H and O–H groups in total. The first-order valence-electron chi connectivity index (χ1n) is 5.09. The van der Waals surface area contributed by atoms with Crippen LogP contribution in [0.4, 0.5) is 0 Å². The van der Waals surface area contributed by atoms with Gasteiger partial charge in [0.05, 0.1) is 6.61 Å². The topological polar surface area (TPSA) is 23.5 Å². The number of hydrogen-bond donors (Lipinski definition) is 1. The van der Waals surface area contributed by atoms with Crippen LogP contribution < -0.4 is 0 Å². The van der Waals surface area contributed by atoms with E-state index in [0.717, 1.165) is 13.0 Å². The summed E-state index contributed by atoms with van der Waals surface area (Å²) in [5.74, 6) is 0. The van der Waals surface area contributed by atoms with E-state index < -0.39 is 0 Å². The SMILES string of the molecule is C[C@H](Cc1ccccc1)N(C)CCO. The van der Waals surface area contributed by atoms with Crippen molar-refractivity contribution in [3.63, 3.8) is 0 Å². The molecule has 0 aliphatic heterocycles. The molecule has 14 heavy (non-hydrogen) atoms. The first kappa shape index (κ1) is 11.2. The summed E-state index contributed by atoms with van der Waals surface area (Å²) in [5, 5.41) is 8.81. The van der Waals surface area contributed by atoms with Gasteiger partial charge in [-0.15, -0.1) is 0 Å². The molecular weight excluding hydrogens is 174 g/mol. The average molecular weight is 193 g/mol. The molecule has 0 aliphatic rings. The van der Waals surface area contributed by atoms with Gasteiger partial charge in [0.1, 0.15) is 0 Å². The second-order valence-electron chi connectivity index (χ2n) is 3.74. The Hall–Kier alpha value is -0.860. The molecule has 1 aromatic rings. The molecule has 1 rings (SSSR count). The average Bonchev–Trinajstić information content (AvgIpc) is 2.19. The molecule has 0 unspecified atom stereocenters. The molecule has 1 aromatic carbocycles. The molecule has 1 atom stereocenters. The van der Waals surface area contributed by atoms with Crippen LogP contribution in [-0.2, 0) is 6.42 Å². The quantitative estimate of drug-likeness (QED) is 0.767. The minimum Gasteiger partial charge on any atom is -0.395 e. The maximum Gasteiger partial charge on any atom is 0.0558 e. The number of likely N-dealkylation sites (N-methyl/N-ethyl adjacent to an activating group) is 1. The maximum absolute atomic E-state index is 8.81. The van der Waals surface area contributed by atoms with Gasteiger partial charge < -0.3 is 10.0 Å². The summed E-state index contributed by atoms with van der Waals surface area (Å²) in [4.78, 5) is 2.17. The highest BCUT2D eigenvalue weighted by molar-refractivity contribution is 5.15. The van der Waals surface area contributed by atoms with Crippen LogP contribution in [0, 0.1) is 0 Å². The van der Waals surface area contributed by atoms with Crippen molar-refractivity contribution in [2.75, 3.05) is 20.2 Å². The largest absolute Gasteiger partial charge is 0.395 e. The van der Waals surface area contributed by atoms with E-state index >= 15 is 0 Å². The highest BCUT2D eigenvalue weighted by Crippen LogP contribution is 2.06. The van der Waals surface area contributed by atoms with Crippen LogP contribution in [0.5, 0.6) is 0 Å². The van der Waals surface area contributed by atoms with Gasteiger partial charge in [0.2, 0.25) is 0 Å². The Morgan fingerprint density at radius 1 is 1.29 bits per heavy atom. The summed E-state index contributed by atoms with van der Waals surface area (Å²) in [5.41, 5.74) is 1.35. The van der Waals surface area contributed by atoms with Crippen LogP contribution in [0.3, 0.4) is 0 Å². The fourth-order valence-corrected chi connectivity index (χ4v) is 1.49. The number of nitrogens with zero attached hydrogens (tertiary/aromatic N) is 1. The van der Waals surface area contributed by atoms with E-state index in [1.165, 1.54) is 5.56 Å². The lowest BCUT2D eigenvalue weighted by molar-refractivity contribution is 0.187. The summed E-state index contributed by atoms with van der Waals surface area (Å²) < 4.78 is 0. The van der Waals surface area contributed by atoms with E-state index in [0.29, 0.717) is 6.04 Å². The summed E-state index contributed by atoms with van der Waals surface area (Å²) in [7, 11) is 2.05. The first-order valence-corrected chi connectivity index (χ1v) is 5.09. The lowest BCUT2D eigenvalue weighted by atomic mass is 10.1. The Morgan fingerprint density at radius 2 is 1.93 bits per heavy atom. The Balaban J connectivity index is 2.44. The van der Waals surface area contributed by atoms with Crippen LogP contribution in [-0.4, -0.2) is 36.2 Å². The van der Waals surface area contributed by atoms with Gasteiger partial charge in [0, 0.05) is 12.6 Å². The van der Waals surface area contributed by atoms with E-state index in [-0.39, 0.29) is 6.61 Å². The predicted molar refractivity (Wildman–Crippen MR) is 59.3 cm³/mol. The summed E-state index contributed by atoms with van der Waals surface area (Å²) in [6.45, 7) is 3.16. The molecule has 2 heteroatoms. The zero-order valence-corrected chi connectivity index (χ0v) is 8.98. The molecule has 0 fully saturated rings. The van der Waals surface area contributed by atoms with Gasteiger partial charge in [-0.3, -0.25) is 0 Å². The van der Waals surface area contributed by atoms with Crippen LogP contribution >= 0.6 is 0 Å². The minimum atomic E-state index is 0.232. The van der Waals surface area contributed by atoms with E-state index in [2.05, 4.69) is 36.1 Å². The number of aliphatic hydroxyl groups excluding tert-OH is 1. The number of hydrogen-bond acceptors (Lipinski definition) is 2. The molecule has 0 saturated carbocycles. The maximum atomic E-state index is 8.81. The molecule has 0 radical (unpaired) electrons. The van der Waals surface area contributed by atoms with Crippen molar-refractivity contribution >= 4 is 0 Å². The van der Waals surface area contributed by atoms with Crippen molar-refractivity contribution < 1.29 is 5.11 Å². The van der Waals surface area contributed by atoms with Crippen molar-refractivity contribution in [1.29, 1.82) is 0 Å². The van der Waals surface area contributed by atoms with Crippen LogP contribution in [0.2, 0.25) is 0 Å². The molecule has 0 spiro atoms. The third kappa shape index (κ3) is 3.48. The molecule has 78 valence electrons. The molecule has 0 aromatic heterocycles. The van der Waals surface area contributed by atoms with Crippen molar-refractivity contribution in [1.82, 2.24) is 4.90 Å². The van der Waals surface area contributed by atoms with Crippen LogP contribution in [0.1, 0.15) is 12.5 Å². The first-order chi connectivity index (χ1) is 6.74. The summed E-state index contributed by atoms with van der Waals surface area (Å²) >= 11 is 0. The lowest BCUT2D eigenvalue weighted by Crippen LogP contribution is -2.33. The Kier molecular flexibility index (Phi) is 4.63. The molecule has 0 aliphatic carbocycles. The third-order valence-electron chi connectivity index (χ3n) is 2.58. The highest BCUT2D eigenvalue weighted by Gasteiger charge is 2.08. The van der Waals surface area contributed by atoms with Crippen LogP contribution in [0.15, 0.2) is 30.3 Å². The van der Waals surface area contributed by atoms with Crippen molar-refractivity contribution in [3.05, 3.63) is 35.9 Å². The Labute approximate surface area is 86.2 Å². The van der Waals surface area contributed by atoms with Gasteiger partial charge >= 0.3 is 0 Å². The molecule has 0 heterocycles. The zero-order valence-electron chi connectivity index (χ0n) is 8.98. The van der Waals surface area contributed by atoms with Gasteiger partial charge in [0.25, 0.3) is 0 Å². The van der Waals surface area contributed by atoms with Gasteiger partial charge in [-0.05, 0) is 26.0 Å².